The van der Waals surface area contributed by atoms with Crippen molar-refractivity contribution in [3.8, 4) is 0 Å². The highest BCUT2D eigenvalue weighted by Gasteiger charge is 2.31. The molecular weight excluding hydrogens is 409 g/mol. The average molecular weight is 436 g/mol. The molecule has 0 bridgehead atoms. The highest BCUT2D eigenvalue weighted by atomic mass is 32.2. The van der Waals surface area contributed by atoms with E-state index in [4.69, 9.17) is 25.7 Å². The van der Waals surface area contributed by atoms with Crippen molar-refractivity contribution in [3.63, 3.8) is 0 Å². The van der Waals surface area contributed by atoms with Crippen LogP contribution in [0.1, 0.15) is 25.3 Å². The van der Waals surface area contributed by atoms with E-state index in [1.165, 1.54) is 6.92 Å². The Bertz CT molecular complexity index is 668. The summed E-state index contributed by atoms with van der Waals surface area (Å²) in [6.45, 7) is 1.37. The maximum absolute atomic E-state index is 12.1. The molecule has 1 heterocycles. The van der Waals surface area contributed by atoms with Gasteiger partial charge in [0.1, 0.15) is 5.70 Å². The Morgan fingerprint density at radius 1 is 1.34 bits per heavy atom. The van der Waals surface area contributed by atoms with E-state index in [1.54, 1.807) is 23.9 Å². The summed E-state index contributed by atoms with van der Waals surface area (Å²) < 4.78 is 46.4. The molecule has 5 N–H and O–H groups in total. The number of aliphatic hydroxyl groups is 2. The molecule has 1 saturated heterocycles. The van der Waals surface area contributed by atoms with Crippen LogP contribution in [0.25, 0.3) is 0 Å². The summed E-state index contributed by atoms with van der Waals surface area (Å²) in [5.74, 6) is 0.0517. The fourth-order valence-electron chi connectivity index (χ4n) is 2.44. The second-order valence-corrected chi connectivity index (χ2v) is 7.26. The SMILES string of the molecule is CC(=N)OC1CC(O)CC(CO)O1.CSc1ccc(C/C=C(/N)C(F)(F)F)cc1. The molecule has 0 aromatic heterocycles. The van der Waals surface area contributed by atoms with Crippen molar-refractivity contribution in [1.29, 1.82) is 5.41 Å². The van der Waals surface area contributed by atoms with Gasteiger partial charge in [-0.05, 0) is 30.4 Å². The molecule has 0 spiro atoms. The topological polar surface area (TPSA) is 109 Å². The summed E-state index contributed by atoms with van der Waals surface area (Å²) >= 11 is 1.59. The number of nitrogens with one attached hydrogen (secondary N) is 1. The lowest BCUT2D eigenvalue weighted by molar-refractivity contribution is -0.190. The van der Waals surface area contributed by atoms with E-state index in [9.17, 15) is 18.3 Å². The van der Waals surface area contributed by atoms with Crippen LogP contribution in [-0.4, -0.2) is 53.6 Å². The summed E-state index contributed by atoms with van der Waals surface area (Å²) in [5.41, 5.74) is 4.66. The first-order valence-electron chi connectivity index (χ1n) is 8.87. The third-order valence-electron chi connectivity index (χ3n) is 3.90. The third-order valence-corrected chi connectivity index (χ3v) is 4.64. The van der Waals surface area contributed by atoms with Gasteiger partial charge in [-0.1, -0.05) is 18.2 Å². The van der Waals surface area contributed by atoms with Gasteiger partial charge in [0.25, 0.3) is 0 Å². The van der Waals surface area contributed by atoms with Crippen LogP contribution in [0.4, 0.5) is 13.2 Å². The fraction of sp³-hybridized carbons (Fsp3) is 0.526. The number of rotatable bonds is 5. The predicted molar refractivity (Wildman–Crippen MR) is 106 cm³/mol. The highest BCUT2D eigenvalue weighted by molar-refractivity contribution is 7.98. The number of alkyl halides is 3. The molecule has 0 aliphatic carbocycles. The van der Waals surface area contributed by atoms with Crippen LogP contribution in [0.3, 0.4) is 0 Å². The zero-order chi connectivity index (χ0) is 22.0. The lowest BCUT2D eigenvalue weighted by Gasteiger charge is -2.31. The van der Waals surface area contributed by atoms with Gasteiger partial charge in [0, 0.05) is 24.7 Å². The van der Waals surface area contributed by atoms with Gasteiger partial charge in [-0.15, -0.1) is 11.8 Å². The maximum Gasteiger partial charge on any atom is 0.430 e. The van der Waals surface area contributed by atoms with Crippen LogP contribution in [0.15, 0.2) is 40.9 Å². The number of thioether (sulfide) groups is 1. The number of aliphatic hydroxyl groups excluding tert-OH is 2. The molecule has 0 saturated carbocycles. The Morgan fingerprint density at radius 2 is 1.97 bits per heavy atom. The predicted octanol–water partition coefficient (Wildman–Crippen LogP) is 3.21. The van der Waals surface area contributed by atoms with E-state index in [-0.39, 0.29) is 25.0 Å². The molecule has 3 unspecified atom stereocenters. The molecule has 0 amide bonds. The first kappa shape index (κ1) is 25.3. The molecule has 3 atom stereocenters. The smallest absolute Gasteiger partial charge is 0.430 e. The van der Waals surface area contributed by atoms with Crippen LogP contribution in [0.2, 0.25) is 0 Å². The second-order valence-electron chi connectivity index (χ2n) is 6.38. The van der Waals surface area contributed by atoms with Crippen LogP contribution in [0, 0.1) is 5.41 Å². The van der Waals surface area contributed by atoms with Crippen molar-refractivity contribution < 1.29 is 32.9 Å². The van der Waals surface area contributed by atoms with E-state index < -0.39 is 24.3 Å². The van der Waals surface area contributed by atoms with E-state index >= 15 is 0 Å². The maximum atomic E-state index is 12.1. The summed E-state index contributed by atoms with van der Waals surface area (Å²) in [6, 6.07) is 7.34. The van der Waals surface area contributed by atoms with Crippen LogP contribution in [-0.2, 0) is 15.9 Å². The van der Waals surface area contributed by atoms with Crippen molar-refractivity contribution in [3.05, 3.63) is 41.6 Å². The quantitative estimate of drug-likeness (QED) is 0.321. The number of nitrogens with two attached hydrogens (primary N) is 1. The lowest BCUT2D eigenvalue weighted by Crippen LogP contribution is -2.39. The molecular formula is C19H27F3N2O4S. The molecule has 10 heteroatoms. The molecule has 1 aromatic carbocycles. The monoisotopic (exact) mass is 436 g/mol. The van der Waals surface area contributed by atoms with Gasteiger partial charge in [-0.3, -0.25) is 5.41 Å². The number of ether oxygens (including phenoxy) is 2. The second kappa shape index (κ2) is 12.1. The third kappa shape index (κ3) is 10.0. The summed E-state index contributed by atoms with van der Waals surface area (Å²) in [7, 11) is 0. The van der Waals surface area contributed by atoms with Gasteiger partial charge in [0.2, 0.25) is 6.29 Å². The van der Waals surface area contributed by atoms with Gasteiger partial charge in [-0.25, -0.2) is 0 Å². The average Bonchev–Trinajstić information content (AvgIpc) is 2.65. The number of allylic oxidation sites excluding steroid dienone is 2. The summed E-state index contributed by atoms with van der Waals surface area (Å²) in [6.07, 6.45) is -2.02. The van der Waals surface area contributed by atoms with Gasteiger partial charge >= 0.3 is 6.18 Å². The lowest BCUT2D eigenvalue weighted by atomic mass is 10.1. The minimum Gasteiger partial charge on any atom is -0.453 e. The zero-order valence-electron chi connectivity index (χ0n) is 16.3. The molecule has 1 aromatic rings. The molecule has 6 nitrogen and oxygen atoms in total. The molecule has 0 radical (unpaired) electrons. The van der Waals surface area contributed by atoms with Crippen molar-refractivity contribution in [1.82, 2.24) is 0 Å². The molecule has 164 valence electrons. The van der Waals surface area contributed by atoms with Crippen molar-refractivity contribution in [2.24, 2.45) is 5.73 Å². The van der Waals surface area contributed by atoms with Gasteiger partial charge < -0.3 is 25.4 Å². The highest BCUT2D eigenvalue weighted by Crippen LogP contribution is 2.22. The molecule has 29 heavy (non-hydrogen) atoms. The molecule has 2 rings (SSSR count). The standard InChI is InChI=1S/C11H12F3NS.C8H15NO4/c1-16-9-5-2-8(3-6-9)4-7-10(15)11(12,13)14;1-5(9)12-8-3-6(11)2-7(4-10)13-8/h2-3,5-7H,4,15H2,1H3;6-11H,2-4H2,1H3/b10-7+;. The van der Waals surface area contributed by atoms with E-state index in [2.05, 4.69) is 0 Å². The van der Waals surface area contributed by atoms with Crippen LogP contribution in [0.5, 0.6) is 0 Å². The van der Waals surface area contributed by atoms with Crippen molar-refractivity contribution >= 4 is 17.7 Å². The van der Waals surface area contributed by atoms with E-state index in [0.29, 0.717) is 12.8 Å². The fourth-order valence-corrected chi connectivity index (χ4v) is 2.85. The first-order valence-corrected chi connectivity index (χ1v) is 10.1. The minimum absolute atomic E-state index is 0.0517. The Kier molecular flexibility index (Phi) is 10.5. The van der Waals surface area contributed by atoms with Gasteiger partial charge in [-0.2, -0.15) is 13.2 Å². The summed E-state index contributed by atoms with van der Waals surface area (Å²) in [4.78, 5) is 1.08. The Morgan fingerprint density at radius 3 is 2.45 bits per heavy atom. The number of hydrogen-bond acceptors (Lipinski definition) is 7. The van der Waals surface area contributed by atoms with Crippen molar-refractivity contribution in [2.45, 2.75) is 55.8 Å². The number of halogens is 3. The molecule has 1 aliphatic heterocycles. The van der Waals surface area contributed by atoms with Gasteiger partial charge in [0.05, 0.1) is 18.8 Å². The number of benzene rings is 1. The van der Waals surface area contributed by atoms with Gasteiger partial charge in [0.15, 0.2) is 5.90 Å². The molecule has 1 aliphatic rings. The van der Waals surface area contributed by atoms with E-state index in [1.807, 2.05) is 18.4 Å². The molecule has 1 fully saturated rings. The Labute approximate surface area is 172 Å². The number of hydrogen-bond donors (Lipinski definition) is 4. The largest absolute Gasteiger partial charge is 0.453 e. The van der Waals surface area contributed by atoms with Crippen molar-refractivity contribution in [2.75, 3.05) is 12.9 Å². The van der Waals surface area contributed by atoms with Crippen LogP contribution >= 0.6 is 11.8 Å². The summed E-state index contributed by atoms with van der Waals surface area (Å²) in [5, 5.41) is 25.2. The first-order chi connectivity index (χ1) is 13.5. The zero-order valence-corrected chi connectivity index (χ0v) is 17.1. The normalized spacial score (nSPS) is 22.4. The minimum atomic E-state index is -4.43. The Balaban J connectivity index is 0.000000296. The van der Waals surface area contributed by atoms with Crippen LogP contribution < -0.4 is 5.73 Å². The van der Waals surface area contributed by atoms with E-state index in [0.717, 1.165) is 16.5 Å². The Hall–Kier alpha value is -1.75.